The third-order valence-electron chi connectivity index (χ3n) is 6.77. The number of aromatic nitrogens is 1. The summed E-state index contributed by atoms with van der Waals surface area (Å²) in [5, 5.41) is 5.24. The number of aryl methyl sites for hydroxylation is 2. The highest BCUT2D eigenvalue weighted by molar-refractivity contribution is 8.13. The molecule has 0 radical (unpaired) electrons. The Kier molecular flexibility index (Phi) is 9.42. The fraction of sp³-hybridized carbons (Fsp3) is 0.367. The van der Waals surface area contributed by atoms with Crippen LogP contribution in [0.25, 0.3) is 0 Å². The molecule has 2 unspecified atom stereocenters. The number of hydrogen-bond donors (Lipinski definition) is 2. The number of amides is 1. The Hall–Kier alpha value is -3.36. The van der Waals surface area contributed by atoms with Gasteiger partial charge in [-0.15, -0.1) is 0 Å². The minimum atomic E-state index is -0.265. The Morgan fingerprint density at radius 1 is 1.00 bits per heavy atom. The molecule has 1 aliphatic rings. The van der Waals surface area contributed by atoms with E-state index in [1.165, 1.54) is 27.4 Å². The molecule has 1 aromatic heterocycles. The molecule has 1 aliphatic heterocycles. The Morgan fingerprint density at radius 2 is 1.55 bits per heavy atom. The first kappa shape index (κ1) is 27.7. The first-order chi connectivity index (χ1) is 18.4. The molecule has 4 rings (SSSR count). The van der Waals surface area contributed by atoms with Gasteiger partial charge in [-0.05, 0) is 92.7 Å². The van der Waals surface area contributed by atoms with Gasteiger partial charge in [0, 0.05) is 73.0 Å². The number of hydrogen-bond acceptors (Lipinski definition) is 6. The van der Waals surface area contributed by atoms with Gasteiger partial charge in [-0.1, -0.05) is 10.7 Å². The quantitative estimate of drug-likeness (QED) is 0.359. The third kappa shape index (κ3) is 6.94. The largest absolute Gasteiger partial charge is 0.497 e. The monoisotopic (exact) mass is 533 g/mol. The van der Waals surface area contributed by atoms with Gasteiger partial charge in [-0.2, -0.15) is 0 Å². The van der Waals surface area contributed by atoms with Crippen molar-refractivity contribution in [1.82, 2.24) is 9.71 Å². The number of methoxy groups -OCH3 is 1. The van der Waals surface area contributed by atoms with Crippen molar-refractivity contribution in [3.05, 3.63) is 72.1 Å². The van der Waals surface area contributed by atoms with E-state index < -0.39 is 0 Å². The maximum absolute atomic E-state index is 12.8. The molecule has 38 heavy (non-hydrogen) atoms. The van der Waals surface area contributed by atoms with Crippen molar-refractivity contribution < 1.29 is 9.53 Å². The number of benzene rings is 2. The standard InChI is InChI=1S/C30H39N5O2S/c1-6-38(30-22(2)19-28(37-5)20-23(30)3)33-24(4)21-29(36)32-25-7-9-26(10-8-25)34-15-17-35(18-16-34)27-11-13-31-14-12-27/h6-14,19-20,24,33H,15-18,21H2,1-5H3,(H,32,36). The lowest BCUT2D eigenvalue weighted by atomic mass is 10.1. The van der Waals surface area contributed by atoms with E-state index >= 15 is 0 Å². The molecule has 0 saturated carbocycles. The number of pyridine rings is 1. The Morgan fingerprint density at radius 3 is 2.08 bits per heavy atom. The highest BCUT2D eigenvalue weighted by Gasteiger charge is 2.18. The van der Waals surface area contributed by atoms with Crippen molar-refractivity contribution in [3.8, 4) is 5.75 Å². The van der Waals surface area contributed by atoms with Crippen molar-refractivity contribution in [2.24, 2.45) is 0 Å². The maximum Gasteiger partial charge on any atom is 0.225 e. The number of carbonyl (C=O) groups is 1. The van der Waals surface area contributed by atoms with Crippen LogP contribution in [0.2, 0.25) is 0 Å². The fourth-order valence-electron chi connectivity index (χ4n) is 4.90. The molecule has 0 spiro atoms. The van der Waals surface area contributed by atoms with Crippen LogP contribution < -0.4 is 24.6 Å². The molecular formula is C30H39N5O2S. The lowest BCUT2D eigenvalue weighted by Crippen LogP contribution is -2.46. The Balaban J connectivity index is 1.28. The number of nitrogens with zero attached hydrogens (tertiary/aromatic N) is 3. The molecule has 2 atom stereocenters. The van der Waals surface area contributed by atoms with Gasteiger partial charge in [0.1, 0.15) is 5.75 Å². The van der Waals surface area contributed by atoms with Gasteiger partial charge >= 0.3 is 0 Å². The summed E-state index contributed by atoms with van der Waals surface area (Å²) in [7, 11) is 1.43. The molecule has 0 bridgehead atoms. The van der Waals surface area contributed by atoms with Crippen molar-refractivity contribution in [3.63, 3.8) is 0 Å². The van der Waals surface area contributed by atoms with Crippen LogP contribution in [0.4, 0.5) is 17.1 Å². The zero-order valence-corrected chi connectivity index (χ0v) is 23.8. The molecule has 202 valence electrons. The number of piperazine rings is 1. The molecule has 1 amide bonds. The van der Waals surface area contributed by atoms with Crippen LogP contribution in [0, 0.1) is 13.8 Å². The van der Waals surface area contributed by atoms with Crippen LogP contribution in [-0.4, -0.2) is 55.6 Å². The van der Waals surface area contributed by atoms with Gasteiger partial charge < -0.3 is 19.9 Å². The van der Waals surface area contributed by atoms with Crippen LogP contribution in [0.1, 0.15) is 31.4 Å². The SMILES string of the molecule is C/C=S(/NC(C)CC(=O)Nc1ccc(N2CCN(c3ccncc3)CC2)cc1)c1c(C)cc(OC)cc1C. The van der Waals surface area contributed by atoms with Gasteiger partial charge in [0.25, 0.3) is 0 Å². The summed E-state index contributed by atoms with van der Waals surface area (Å²) >= 11 is 0. The zero-order chi connectivity index (χ0) is 27.1. The van der Waals surface area contributed by atoms with E-state index in [-0.39, 0.29) is 22.6 Å². The summed E-state index contributed by atoms with van der Waals surface area (Å²) in [5.74, 6) is 0.876. The molecule has 0 aliphatic carbocycles. The summed E-state index contributed by atoms with van der Waals surface area (Å²) in [6.45, 7) is 12.2. The van der Waals surface area contributed by atoms with Crippen molar-refractivity contribution in [2.45, 2.75) is 45.1 Å². The van der Waals surface area contributed by atoms with E-state index in [4.69, 9.17) is 4.74 Å². The minimum absolute atomic E-state index is 0.00606. The highest BCUT2D eigenvalue weighted by atomic mass is 32.2. The van der Waals surface area contributed by atoms with E-state index in [9.17, 15) is 4.79 Å². The van der Waals surface area contributed by atoms with Crippen molar-refractivity contribution in [2.75, 3.05) is 48.4 Å². The van der Waals surface area contributed by atoms with Gasteiger partial charge in [0.15, 0.2) is 0 Å². The number of anilines is 3. The molecule has 2 aromatic carbocycles. The summed E-state index contributed by atoms with van der Waals surface area (Å²) in [6.07, 6.45) is 4.08. The molecule has 3 aromatic rings. The molecular weight excluding hydrogens is 494 g/mol. The Bertz CT molecular complexity index is 1230. The number of ether oxygens (including phenoxy) is 1. The first-order valence-corrected chi connectivity index (χ1v) is 14.4. The average Bonchev–Trinajstić information content (AvgIpc) is 2.93. The van der Waals surface area contributed by atoms with E-state index in [2.05, 4.69) is 94.3 Å². The molecule has 7 nitrogen and oxygen atoms in total. The van der Waals surface area contributed by atoms with Crippen LogP contribution in [0.5, 0.6) is 5.75 Å². The van der Waals surface area contributed by atoms with E-state index in [0.29, 0.717) is 6.42 Å². The molecule has 1 fully saturated rings. The number of carbonyl (C=O) groups excluding carboxylic acids is 1. The smallest absolute Gasteiger partial charge is 0.225 e. The van der Waals surface area contributed by atoms with Crippen molar-refractivity contribution in [1.29, 1.82) is 0 Å². The molecule has 2 N–H and O–H groups in total. The predicted octanol–water partition coefficient (Wildman–Crippen LogP) is 5.41. The van der Waals surface area contributed by atoms with E-state index in [0.717, 1.165) is 37.6 Å². The minimum Gasteiger partial charge on any atom is -0.497 e. The normalized spacial score (nSPS) is 15.3. The molecule has 8 heteroatoms. The van der Waals surface area contributed by atoms with E-state index in [1.54, 1.807) is 7.11 Å². The second-order valence-electron chi connectivity index (χ2n) is 9.66. The van der Waals surface area contributed by atoms with Crippen molar-refractivity contribution >= 4 is 39.0 Å². The highest BCUT2D eigenvalue weighted by Crippen LogP contribution is 2.33. The third-order valence-corrected chi connectivity index (χ3v) is 8.98. The van der Waals surface area contributed by atoms with Crippen LogP contribution in [0.15, 0.2) is 65.8 Å². The topological polar surface area (TPSA) is 69.7 Å². The maximum atomic E-state index is 12.8. The second kappa shape index (κ2) is 12.9. The van der Waals surface area contributed by atoms with E-state index in [1.807, 2.05) is 24.5 Å². The zero-order valence-electron chi connectivity index (χ0n) is 23.0. The molecule has 2 heterocycles. The van der Waals surface area contributed by atoms with Crippen LogP contribution >= 0.6 is 10.7 Å². The lowest BCUT2D eigenvalue weighted by molar-refractivity contribution is -0.116. The second-order valence-corrected chi connectivity index (χ2v) is 11.5. The first-order valence-electron chi connectivity index (χ1n) is 13.1. The van der Waals surface area contributed by atoms with Gasteiger partial charge in [0.2, 0.25) is 5.91 Å². The summed E-state index contributed by atoms with van der Waals surface area (Å²) in [4.78, 5) is 23.0. The summed E-state index contributed by atoms with van der Waals surface area (Å²) in [5.41, 5.74) is 5.60. The molecule has 1 saturated heterocycles. The fourth-order valence-corrected chi connectivity index (χ4v) is 6.72. The van der Waals surface area contributed by atoms with Crippen LogP contribution in [0.3, 0.4) is 0 Å². The van der Waals surface area contributed by atoms with Gasteiger partial charge in [-0.25, -0.2) is 0 Å². The summed E-state index contributed by atoms with van der Waals surface area (Å²) in [6, 6.07) is 16.5. The average molecular weight is 534 g/mol. The van der Waals surface area contributed by atoms with Gasteiger partial charge in [-0.3, -0.25) is 14.5 Å². The lowest BCUT2D eigenvalue weighted by Gasteiger charge is -2.37. The number of rotatable bonds is 9. The Labute approximate surface area is 229 Å². The van der Waals surface area contributed by atoms with Crippen LogP contribution in [-0.2, 0) is 4.79 Å². The van der Waals surface area contributed by atoms with Gasteiger partial charge in [0.05, 0.1) is 7.11 Å². The predicted molar refractivity (Wildman–Crippen MR) is 161 cm³/mol. The summed E-state index contributed by atoms with van der Waals surface area (Å²) < 4.78 is 9.05. The number of nitrogens with one attached hydrogen (secondary N) is 2.